The van der Waals surface area contributed by atoms with Gasteiger partial charge in [0.1, 0.15) is 11.5 Å². The van der Waals surface area contributed by atoms with Crippen LogP contribution in [-0.4, -0.2) is 17.8 Å². The van der Waals surface area contributed by atoms with Crippen molar-refractivity contribution in [1.29, 1.82) is 0 Å². The molecule has 1 heterocycles. The summed E-state index contributed by atoms with van der Waals surface area (Å²) < 4.78 is 14.5. The largest absolute Gasteiger partial charge is 0.665 e. The predicted octanol–water partition coefficient (Wildman–Crippen LogP) is 16.4. The molecule has 334 valence electrons. The van der Waals surface area contributed by atoms with Gasteiger partial charge in [-0.25, -0.2) is 0 Å². The monoisotopic (exact) mass is 975 g/mol. The molecule has 0 spiro atoms. The van der Waals surface area contributed by atoms with Crippen molar-refractivity contribution in [3.05, 3.63) is 133 Å². The fourth-order valence-corrected chi connectivity index (χ4v) is 11.6. The Hall–Kier alpha value is -3.08. The number of aromatic nitrogens is 1. The van der Waals surface area contributed by atoms with Crippen LogP contribution in [0.5, 0.6) is 11.5 Å². The van der Waals surface area contributed by atoms with E-state index in [2.05, 4.69) is 139 Å². The van der Waals surface area contributed by atoms with Crippen molar-refractivity contribution in [2.24, 2.45) is 3.50 Å². The average molecular weight is 975 g/mol. The van der Waals surface area contributed by atoms with Crippen LogP contribution >= 0.6 is 23.2 Å². The summed E-state index contributed by atoms with van der Waals surface area (Å²) in [5.41, 5.74) is 14.6. The molecule has 62 heavy (non-hydrogen) atoms. The molecule has 0 radical (unpaired) electrons. The van der Waals surface area contributed by atoms with E-state index in [1.165, 1.54) is 51.1 Å². The van der Waals surface area contributed by atoms with Crippen LogP contribution in [0, 0.1) is 13.8 Å². The normalized spacial score (nSPS) is 13.9. The third-order valence-electron chi connectivity index (χ3n) is 12.8. The van der Waals surface area contributed by atoms with Crippen LogP contribution in [0.15, 0.2) is 76.3 Å². The first-order chi connectivity index (χ1) is 29.1. The van der Waals surface area contributed by atoms with Gasteiger partial charge in [0.15, 0.2) is 0 Å². The molecule has 0 atom stereocenters. The molecule has 7 rings (SSSR count). The SMILES string of the molecule is CC(C)(C)[Si](C)(C)Oc1c(Cl)cc2c(c1-c1c(O)c(Cl)cc3c1CCCC3)CCCC2.CC(C)c1cccc(C(C)C)c1[N]=[Mo]=[CH]C(C)(C)c1ccccc1.Cc1ccc(C)[n-]1. The molecule has 2 aliphatic rings. The third kappa shape index (κ3) is 12.2. The van der Waals surface area contributed by atoms with Crippen LogP contribution in [0.3, 0.4) is 0 Å². The number of fused-ring (bicyclic) bond motifs is 2. The van der Waals surface area contributed by atoms with Crippen molar-refractivity contribution < 1.29 is 27.5 Å². The van der Waals surface area contributed by atoms with Gasteiger partial charge in [-0.05, 0) is 104 Å². The minimum atomic E-state index is -2.15. The summed E-state index contributed by atoms with van der Waals surface area (Å²) in [6, 6.07) is 25.5. The second-order valence-electron chi connectivity index (χ2n) is 19.9. The fraction of sp³-hybridized carbons (Fsp3) is 0.463. The van der Waals surface area contributed by atoms with Crippen molar-refractivity contribution in [3.8, 4) is 22.6 Å². The molecule has 1 aromatic heterocycles. The van der Waals surface area contributed by atoms with E-state index < -0.39 is 26.2 Å². The van der Waals surface area contributed by atoms with Gasteiger partial charge >= 0.3 is 156 Å². The topological polar surface area (TPSA) is 55.9 Å². The Morgan fingerprint density at radius 2 is 1.21 bits per heavy atom. The Labute approximate surface area is 393 Å². The van der Waals surface area contributed by atoms with Crippen molar-refractivity contribution in [3.63, 3.8) is 0 Å². The molecule has 5 aromatic rings. The number of rotatable bonds is 8. The number of halogens is 2. The molecule has 0 saturated heterocycles. The molecule has 0 unspecified atom stereocenters. The van der Waals surface area contributed by atoms with Crippen LogP contribution in [0.1, 0.15) is 150 Å². The van der Waals surface area contributed by atoms with Gasteiger partial charge in [-0.2, -0.15) is 11.4 Å². The number of phenolic OH excluding ortho intramolecular Hbond substituents is 1. The van der Waals surface area contributed by atoms with Gasteiger partial charge in [0.25, 0.3) is 8.32 Å². The van der Waals surface area contributed by atoms with Gasteiger partial charge in [0.05, 0.1) is 10.0 Å². The van der Waals surface area contributed by atoms with Gasteiger partial charge in [-0.15, -0.1) is 0 Å². The van der Waals surface area contributed by atoms with Crippen LogP contribution in [-0.2, 0) is 49.0 Å². The van der Waals surface area contributed by atoms with Gasteiger partial charge in [-0.1, -0.05) is 70.0 Å². The van der Waals surface area contributed by atoms with Crippen molar-refractivity contribution in [1.82, 2.24) is 4.98 Å². The van der Waals surface area contributed by atoms with Crippen LogP contribution in [0.25, 0.3) is 11.1 Å². The van der Waals surface area contributed by atoms with Gasteiger partial charge in [-0.3, -0.25) is 0 Å². The average Bonchev–Trinajstić information content (AvgIpc) is 3.60. The number of aryl methyl sites for hydroxylation is 4. The van der Waals surface area contributed by atoms with E-state index in [4.69, 9.17) is 31.1 Å². The number of hydrogen-bond donors (Lipinski definition) is 1. The second kappa shape index (κ2) is 21.3. The van der Waals surface area contributed by atoms with E-state index in [0.29, 0.717) is 21.9 Å². The molecule has 8 heteroatoms. The van der Waals surface area contributed by atoms with E-state index in [1.54, 1.807) is 0 Å². The first-order valence-electron chi connectivity index (χ1n) is 22.7. The van der Waals surface area contributed by atoms with Crippen LogP contribution in [0.2, 0.25) is 28.2 Å². The number of nitrogens with zero attached hydrogens (tertiary/aromatic N) is 2. The maximum atomic E-state index is 11.3. The van der Waals surface area contributed by atoms with Crippen molar-refractivity contribution in [2.75, 3.05) is 0 Å². The Morgan fingerprint density at radius 1 is 0.710 bits per heavy atom. The molecule has 0 aliphatic heterocycles. The molecule has 0 fully saturated rings. The maximum absolute atomic E-state index is 11.3. The molecular weight excluding hydrogens is 904 g/mol. The zero-order valence-corrected chi connectivity index (χ0v) is 44.3. The summed E-state index contributed by atoms with van der Waals surface area (Å²) in [6.07, 6.45) is 8.56. The smallest absolute Gasteiger partial charge is 0.0607 e. The molecule has 0 saturated carbocycles. The first-order valence-corrected chi connectivity index (χ1v) is 28.4. The minimum Gasteiger partial charge on any atom is -0.665 e. The van der Waals surface area contributed by atoms with Crippen LogP contribution < -0.4 is 9.41 Å². The molecule has 0 bridgehead atoms. The van der Waals surface area contributed by atoms with Crippen molar-refractivity contribution >= 4 is 41.6 Å². The number of hydrogen-bond acceptors (Lipinski definition) is 3. The molecule has 1 N–H and O–H groups in total. The second-order valence-corrected chi connectivity index (χ2v) is 27.0. The van der Waals surface area contributed by atoms with E-state index in [1.807, 2.05) is 32.0 Å². The van der Waals surface area contributed by atoms with Gasteiger partial charge < -0.3 is 14.5 Å². The quantitative estimate of drug-likeness (QED) is 0.158. The summed E-state index contributed by atoms with van der Waals surface area (Å²) in [6.45, 7) is 28.8. The maximum Gasteiger partial charge on any atom is -0.0607 e. The molecule has 4 aromatic carbocycles. The summed E-state index contributed by atoms with van der Waals surface area (Å²) in [5.74, 6) is 1.95. The Morgan fingerprint density at radius 3 is 1.69 bits per heavy atom. The van der Waals surface area contributed by atoms with Crippen LogP contribution in [0.4, 0.5) is 5.69 Å². The Bertz CT molecular complexity index is 2340. The summed E-state index contributed by atoms with van der Waals surface area (Å²) in [5, 5.41) is 12.4. The van der Waals surface area contributed by atoms with Gasteiger partial charge in [0, 0.05) is 11.1 Å². The Kier molecular flexibility index (Phi) is 17.1. The van der Waals surface area contributed by atoms with E-state index in [0.717, 1.165) is 73.2 Å². The number of phenols is 1. The summed E-state index contributed by atoms with van der Waals surface area (Å²) in [7, 11) is -2.15. The van der Waals surface area contributed by atoms with E-state index >= 15 is 0 Å². The van der Waals surface area contributed by atoms with Gasteiger partial charge in [0.2, 0.25) is 0 Å². The predicted molar refractivity (Wildman–Crippen MR) is 266 cm³/mol. The zero-order valence-electron chi connectivity index (χ0n) is 39.7. The zero-order chi connectivity index (χ0) is 45.6. The molecule has 4 nitrogen and oxygen atoms in total. The fourth-order valence-electron chi connectivity index (χ4n) is 8.11. The first kappa shape index (κ1) is 49.9. The standard InChI is InChI=1S/C26H34Cl2O2Si.C12H17N.C10H12.C6H8N.Mo/c1-26(2,3)31(4,5)30-25-21(28)15-17-11-7-9-13-19(17)23(25)22-18-12-8-6-10-16(18)14-20(27)24(22)29;1-8(2)10-6-5-7-11(9(3)4)12(10)13;1-10(2,3)9-7-5-4-6-8-9;1-5-3-4-6(2)7-5;/h14-15,29H,6-13H2,1-5H3;5-9H,1-4H3;1,4-8H,2-3H3;3-4H,1-2H3;/q;;;-1;. The molecular formula is C54H71Cl2MoN2O2Si-. The third-order valence-corrected chi connectivity index (χ3v) is 20.1. The van der Waals surface area contributed by atoms with Crippen molar-refractivity contribution in [2.45, 2.75) is 163 Å². The molecule has 0 amide bonds. The summed E-state index contributed by atoms with van der Waals surface area (Å²) >= 11 is 12.9. The number of aromatic hydroxyl groups is 1. The minimum absolute atomic E-state index is 0.0410. The van der Waals surface area contributed by atoms with E-state index in [-0.39, 0.29) is 16.2 Å². The summed E-state index contributed by atoms with van der Waals surface area (Å²) in [4.78, 5) is 4.11. The Balaban J connectivity index is 0.000000207. The van der Waals surface area contributed by atoms with E-state index in [9.17, 15) is 5.11 Å². The number of benzene rings is 4. The molecule has 2 aliphatic carbocycles.